The second-order valence-corrected chi connectivity index (χ2v) is 6.37. The zero-order valence-electron chi connectivity index (χ0n) is 13.0. The summed E-state index contributed by atoms with van der Waals surface area (Å²) in [5, 5.41) is 2.78. The van der Waals surface area contributed by atoms with Crippen molar-refractivity contribution in [2.45, 2.75) is 6.42 Å². The molecule has 0 aliphatic carbocycles. The van der Waals surface area contributed by atoms with Crippen molar-refractivity contribution in [2.75, 3.05) is 16.8 Å². The Kier molecular flexibility index (Phi) is 3.93. The molecule has 0 bridgehead atoms. The van der Waals surface area contributed by atoms with E-state index in [9.17, 15) is 9.59 Å². The summed E-state index contributed by atoms with van der Waals surface area (Å²) in [6, 6.07) is 12.1. The lowest BCUT2D eigenvalue weighted by Crippen LogP contribution is -2.28. The number of halogens is 1. The number of furan rings is 2. The predicted molar refractivity (Wildman–Crippen MR) is 94.9 cm³/mol. The third kappa shape index (κ3) is 2.98. The zero-order chi connectivity index (χ0) is 17.4. The number of nitrogens with one attached hydrogen (secondary N) is 1. The van der Waals surface area contributed by atoms with Crippen LogP contribution in [0.15, 0.2) is 62.2 Å². The van der Waals surface area contributed by atoms with Gasteiger partial charge in [-0.1, -0.05) is 6.07 Å². The van der Waals surface area contributed by atoms with E-state index in [-0.39, 0.29) is 17.6 Å². The molecule has 0 radical (unpaired) electrons. The summed E-state index contributed by atoms with van der Waals surface area (Å²) in [5.41, 5.74) is 2.42. The molecule has 2 amide bonds. The molecular formula is C18H13BrN2O4. The molecule has 6 nitrogen and oxygen atoms in total. The van der Waals surface area contributed by atoms with Crippen LogP contribution in [-0.4, -0.2) is 18.4 Å². The van der Waals surface area contributed by atoms with Crippen LogP contribution in [-0.2, 0) is 6.42 Å². The smallest absolute Gasteiger partial charge is 0.293 e. The van der Waals surface area contributed by atoms with E-state index in [1.165, 1.54) is 6.26 Å². The topological polar surface area (TPSA) is 75.7 Å². The Morgan fingerprint density at radius 1 is 1.12 bits per heavy atom. The Balaban J connectivity index is 1.58. The summed E-state index contributed by atoms with van der Waals surface area (Å²) in [7, 11) is 0. The number of amides is 2. The number of hydrogen-bond donors (Lipinski definition) is 1. The first-order valence-corrected chi connectivity index (χ1v) is 8.46. The first-order chi connectivity index (χ1) is 12.1. The fourth-order valence-electron chi connectivity index (χ4n) is 2.83. The highest BCUT2D eigenvalue weighted by Gasteiger charge is 2.27. The summed E-state index contributed by atoms with van der Waals surface area (Å²) in [6.07, 6.45) is 2.24. The van der Waals surface area contributed by atoms with Gasteiger partial charge in [0.1, 0.15) is 0 Å². The van der Waals surface area contributed by atoms with Gasteiger partial charge in [-0.2, -0.15) is 0 Å². The summed E-state index contributed by atoms with van der Waals surface area (Å²) < 4.78 is 10.9. The molecule has 0 atom stereocenters. The number of nitrogens with zero attached hydrogens (tertiary/aromatic N) is 1. The molecular weight excluding hydrogens is 388 g/mol. The molecule has 0 saturated carbocycles. The zero-order valence-corrected chi connectivity index (χ0v) is 14.6. The Morgan fingerprint density at radius 3 is 2.72 bits per heavy atom. The normalized spacial score (nSPS) is 12.9. The first-order valence-electron chi connectivity index (χ1n) is 7.67. The fraction of sp³-hybridized carbons (Fsp3) is 0.111. The molecule has 4 rings (SSSR count). The number of hydrogen-bond acceptors (Lipinski definition) is 4. The van der Waals surface area contributed by atoms with E-state index in [0.717, 1.165) is 17.7 Å². The second-order valence-electron chi connectivity index (χ2n) is 5.59. The number of rotatable bonds is 3. The number of fused-ring (bicyclic) bond motifs is 1. The Morgan fingerprint density at radius 2 is 2.00 bits per heavy atom. The van der Waals surface area contributed by atoms with Gasteiger partial charge in [0.2, 0.25) is 0 Å². The molecule has 1 aliphatic rings. The van der Waals surface area contributed by atoms with Crippen LogP contribution in [0.5, 0.6) is 0 Å². The average molecular weight is 401 g/mol. The molecule has 2 aromatic heterocycles. The molecule has 3 heterocycles. The van der Waals surface area contributed by atoms with E-state index in [0.29, 0.717) is 22.7 Å². The van der Waals surface area contributed by atoms with Crippen LogP contribution in [0.3, 0.4) is 0 Å². The number of carbonyl (C=O) groups is 2. The monoisotopic (exact) mass is 400 g/mol. The number of carbonyl (C=O) groups excluding carboxylic acids is 2. The quantitative estimate of drug-likeness (QED) is 0.718. The summed E-state index contributed by atoms with van der Waals surface area (Å²) in [6.45, 7) is 0.581. The molecule has 1 aliphatic heterocycles. The molecule has 0 unspecified atom stereocenters. The predicted octanol–water partition coefficient (Wildman–Crippen LogP) is 4.09. The van der Waals surface area contributed by atoms with Crippen LogP contribution in [0.25, 0.3) is 0 Å². The van der Waals surface area contributed by atoms with Crippen molar-refractivity contribution in [2.24, 2.45) is 0 Å². The molecule has 3 aromatic rings. The van der Waals surface area contributed by atoms with Gasteiger partial charge in [-0.3, -0.25) is 9.59 Å². The van der Waals surface area contributed by atoms with Crippen molar-refractivity contribution in [1.29, 1.82) is 0 Å². The van der Waals surface area contributed by atoms with Gasteiger partial charge in [-0.05, 0) is 64.3 Å². The lowest BCUT2D eigenvalue weighted by molar-refractivity contribution is 0.0961. The lowest BCUT2D eigenvalue weighted by atomic mass is 10.1. The van der Waals surface area contributed by atoms with Gasteiger partial charge in [-0.15, -0.1) is 0 Å². The van der Waals surface area contributed by atoms with E-state index < -0.39 is 0 Å². The maximum atomic E-state index is 12.6. The third-order valence-electron chi connectivity index (χ3n) is 4.01. The Labute approximate surface area is 151 Å². The van der Waals surface area contributed by atoms with Gasteiger partial charge >= 0.3 is 0 Å². The maximum Gasteiger partial charge on any atom is 0.293 e. The van der Waals surface area contributed by atoms with E-state index >= 15 is 0 Å². The fourth-order valence-corrected chi connectivity index (χ4v) is 3.14. The second kappa shape index (κ2) is 6.25. The van der Waals surface area contributed by atoms with Crippen molar-refractivity contribution in [1.82, 2.24) is 0 Å². The van der Waals surface area contributed by atoms with Gasteiger partial charge in [0.05, 0.1) is 6.26 Å². The molecule has 1 N–H and O–H groups in total. The van der Waals surface area contributed by atoms with Crippen LogP contribution in [0.2, 0.25) is 0 Å². The first kappa shape index (κ1) is 15.7. The van der Waals surface area contributed by atoms with Crippen LogP contribution < -0.4 is 10.2 Å². The molecule has 25 heavy (non-hydrogen) atoms. The summed E-state index contributed by atoms with van der Waals surface area (Å²) in [5.74, 6) is -0.0478. The van der Waals surface area contributed by atoms with Crippen LogP contribution >= 0.6 is 15.9 Å². The minimum Gasteiger partial charge on any atom is -0.459 e. The number of benzene rings is 1. The van der Waals surface area contributed by atoms with Gasteiger partial charge in [0.25, 0.3) is 11.8 Å². The Hall–Kier alpha value is -2.80. The van der Waals surface area contributed by atoms with Crippen molar-refractivity contribution < 1.29 is 18.4 Å². The minimum absolute atomic E-state index is 0.192. The van der Waals surface area contributed by atoms with Crippen LogP contribution in [0.4, 0.5) is 11.4 Å². The molecule has 0 saturated heterocycles. The van der Waals surface area contributed by atoms with Crippen molar-refractivity contribution in [3.63, 3.8) is 0 Å². The molecule has 1 aromatic carbocycles. The molecule has 0 fully saturated rings. The van der Waals surface area contributed by atoms with Gasteiger partial charge < -0.3 is 19.1 Å². The lowest BCUT2D eigenvalue weighted by Gasteiger charge is -2.16. The largest absolute Gasteiger partial charge is 0.459 e. The highest BCUT2D eigenvalue weighted by molar-refractivity contribution is 9.10. The average Bonchev–Trinajstić information content (AvgIpc) is 3.34. The van der Waals surface area contributed by atoms with Crippen LogP contribution in [0.1, 0.15) is 26.7 Å². The molecule has 126 valence electrons. The van der Waals surface area contributed by atoms with E-state index in [2.05, 4.69) is 21.2 Å². The standard InChI is InChI=1S/C18H13BrN2O4/c19-16-6-5-14(25-16)17(22)20-12-4-3-11-7-8-21(13(11)10-12)18(23)15-2-1-9-24-15/h1-6,9-10H,7-8H2,(H,20,22). The van der Waals surface area contributed by atoms with Gasteiger partial charge in [0, 0.05) is 17.9 Å². The maximum absolute atomic E-state index is 12.6. The van der Waals surface area contributed by atoms with Crippen LogP contribution in [0, 0.1) is 0 Å². The SMILES string of the molecule is O=C(Nc1ccc2c(c1)N(C(=O)c1ccco1)CC2)c1ccc(Br)o1. The summed E-state index contributed by atoms with van der Waals surface area (Å²) >= 11 is 3.17. The van der Waals surface area contributed by atoms with Gasteiger partial charge in [-0.25, -0.2) is 0 Å². The van der Waals surface area contributed by atoms with Gasteiger partial charge in [0.15, 0.2) is 16.2 Å². The van der Waals surface area contributed by atoms with E-state index in [4.69, 9.17) is 8.83 Å². The summed E-state index contributed by atoms with van der Waals surface area (Å²) in [4.78, 5) is 26.4. The van der Waals surface area contributed by atoms with Crippen molar-refractivity contribution in [3.8, 4) is 0 Å². The molecule has 7 heteroatoms. The Bertz CT molecular complexity index is 946. The minimum atomic E-state index is -0.354. The highest BCUT2D eigenvalue weighted by atomic mass is 79.9. The number of anilines is 2. The van der Waals surface area contributed by atoms with E-state index in [1.807, 2.05) is 12.1 Å². The van der Waals surface area contributed by atoms with Crippen molar-refractivity contribution >= 4 is 39.1 Å². The van der Waals surface area contributed by atoms with E-state index in [1.54, 1.807) is 35.2 Å². The molecule has 0 spiro atoms. The third-order valence-corrected chi connectivity index (χ3v) is 4.44. The van der Waals surface area contributed by atoms with Crippen molar-refractivity contribution in [3.05, 3.63) is 70.5 Å². The highest BCUT2D eigenvalue weighted by Crippen LogP contribution is 2.32.